The standard InChI is InChI=1S/C17H28N2O2/c1-14(2)21-13-17(20)12-18-7-9-19(10-8-18)16-6-4-5-15(3)11-16/h4-6,11,14,17,20H,7-10,12-13H2,1-3H3. The topological polar surface area (TPSA) is 35.9 Å². The maximum Gasteiger partial charge on any atom is 0.0900 e. The third-order valence-electron chi connectivity index (χ3n) is 3.83. The molecule has 21 heavy (non-hydrogen) atoms. The molecule has 4 nitrogen and oxygen atoms in total. The molecule has 0 aliphatic carbocycles. The monoisotopic (exact) mass is 292 g/mol. The maximum absolute atomic E-state index is 9.99. The van der Waals surface area contributed by atoms with Crippen LogP contribution in [0.15, 0.2) is 24.3 Å². The van der Waals surface area contributed by atoms with E-state index in [1.807, 2.05) is 13.8 Å². The average molecular weight is 292 g/mol. The SMILES string of the molecule is Cc1cccc(N2CCN(CC(O)COC(C)C)CC2)c1. The van der Waals surface area contributed by atoms with Crippen molar-refractivity contribution in [2.75, 3.05) is 44.2 Å². The highest BCUT2D eigenvalue weighted by Gasteiger charge is 2.19. The Bertz CT molecular complexity index is 429. The molecule has 0 aromatic heterocycles. The molecule has 1 heterocycles. The summed E-state index contributed by atoms with van der Waals surface area (Å²) in [5.74, 6) is 0. The first-order valence-corrected chi connectivity index (χ1v) is 7.88. The van der Waals surface area contributed by atoms with Crippen LogP contribution < -0.4 is 4.90 Å². The zero-order chi connectivity index (χ0) is 15.2. The van der Waals surface area contributed by atoms with Crippen LogP contribution in [0.4, 0.5) is 5.69 Å². The average Bonchev–Trinajstić information content (AvgIpc) is 2.46. The van der Waals surface area contributed by atoms with E-state index in [0.717, 1.165) is 26.2 Å². The first-order valence-electron chi connectivity index (χ1n) is 7.88. The van der Waals surface area contributed by atoms with Crippen LogP contribution in [0.25, 0.3) is 0 Å². The van der Waals surface area contributed by atoms with Crippen LogP contribution in [-0.2, 0) is 4.74 Å². The van der Waals surface area contributed by atoms with Gasteiger partial charge in [-0.15, -0.1) is 0 Å². The molecular weight excluding hydrogens is 264 g/mol. The minimum atomic E-state index is -0.391. The number of aliphatic hydroxyl groups is 1. The van der Waals surface area contributed by atoms with Crippen LogP contribution in [0.1, 0.15) is 19.4 Å². The van der Waals surface area contributed by atoms with Gasteiger partial charge in [-0.2, -0.15) is 0 Å². The first-order chi connectivity index (χ1) is 10.0. The molecule has 118 valence electrons. The number of β-amino-alcohol motifs (C(OH)–C–C–N with tert-alkyl or cyclic N) is 1. The summed E-state index contributed by atoms with van der Waals surface area (Å²) in [6, 6.07) is 8.66. The van der Waals surface area contributed by atoms with E-state index in [0.29, 0.717) is 13.2 Å². The second-order valence-corrected chi connectivity index (χ2v) is 6.16. The van der Waals surface area contributed by atoms with E-state index in [4.69, 9.17) is 4.74 Å². The summed E-state index contributed by atoms with van der Waals surface area (Å²) < 4.78 is 5.46. The van der Waals surface area contributed by atoms with Gasteiger partial charge >= 0.3 is 0 Å². The third-order valence-corrected chi connectivity index (χ3v) is 3.83. The molecule has 0 spiro atoms. The molecular formula is C17H28N2O2. The lowest BCUT2D eigenvalue weighted by atomic mass is 10.2. The molecule has 1 aliphatic heterocycles. The number of hydrogen-bond donors (Lipinski definition) is 1. The minimum Gasteiger partial charge on any atom is -0.389 e. The molecule has 1 atom stereocenters. The van der Waals surface area contributed by atoms with Crippen molar-refractivity contribution in [3.63, 3.8) is 0 Å². The summed E-state index contributed by atoms with van der Waals surface area (Å²) in [7, 11) is 0. The lowest BCUT2D eigenvalue weighted by molar-refractivity contribution is -0.00899. The summed E-state index contributed by atoms with van der Waals surface area (Å²) in [6.45, 7) is 11.3. The number of aryl methyl sites for hydroxylation is 1. The quantitative estimate of drug-likeness (QED) is 0.869. The lowest BCUT2D eigenvalue weighted by Gasteiger charge is -2.37. The largest absolute Gasteiger partial charge is 0.389 e. The van der Waals surface area contributed by atoms with Gasteiger partial charge in [0, 0.05) is 38.4 Å². The summed E-state index contributed by atoms with van der Waals surface area (Å²) in [5, 5.41) is 9.99. The number of nitrogens with zero attached hydrogens (tertiary/aromatic N) is 2. The highest BCUT2D eigenvalue weighted by Crippen LogP contribution is 2.17. The number of aliphatic hydroxyl groups excluding tert-OH is 1. The van der Waals surface area contributed by atoms with Crippen molar-refractivity contribution in [1.82, 2.24) is 4.90 Å². The van der Waals surface area contributed by atoms with Crippen molar-refractivity contribution in [3.05, 3.63) is 29.8 Å². The van der Waals surface area contributed by atoms with E-state index in [9.17, 15) is 5.11 Å². The Morgan fingerprint density at radius 2 is 1.90 bits per heavy atom. The van der Waals surface area contributed by atoms with Crippen LogP contribution in [0.2, 0.25) is 0 Å². The predicted molar refractivity (Wildman–Crippen MR) is 86.9 cm³/mol. The van der Waals surface area contributed by atoms with Gasteiger partial charge in [-0.25, -0.2) is 0 Å². The van der Waals surface area contributed by atoms with Gasteiger partial charge in [-0.05, 0) is 38.5 Å². The van der Waals surface area contributed by atoms with E-state index in [2.05, 4.69) is 41.0 Å². The van der Waals surface area contributed by atoms with E-state index >= 15 is 0 Å². The Kier molecular flexibility index (Phi) is 6.03. The van der Waals surface area contributed by atoms with Gasteiger partial charge in [-0.1, -0.05) is 12.1 Å². The highest BCUT2D eigenvalue weighted by atomic mass is 16.5. The lowest BCUT2D eigenvalue weighted by Crippen LogP contribution is -2.49. The molecule has 1 N–H and O–H groups in total. The Hall–Kier alpha value is -1.10. The van der Waals surface area contributed by atoms with Crippen LogP contribution in [-0.4, -0.2) is 61.5 Å². The molecule has 0 saturated carbocycles. The van der Waals surface area contributed by atoms with Crippen LogP contribution in [0, 0.1) is 6.92 Å². The summed E-state index contributed by atoms with van der Waals surface area (Å²) in [5.41, 5.74) is 2.61. The molecule has 1 fully saturated rings. The van der Waals surface area contributed by atoms with Gasteiger partial charge in [0.2, 0.25) is 0 Å². The van der Waals surface area contributed by atoms with Crippen molar-refractivity contribution in [3.8, 4) is 0 Å². The molecule has 0 radical (unpaired) electrons. The van der Waals surface area contributed by atoms with E-state index in [1.165, 1.54) is 11.3 Å². The van der Waals surface area contributed by atoms with Gasteiger partial charge in [-0.3, -0.25) is 4.90 Å². The number of rotatable bonds is 6. The minimum absolute atomic E-state index is 0.179. The number of hydrogen-bond acceptors (Lipinski definition) is 4. The van der Waals surface area contributed by atoms with Crippen molar-refractivity contribution in [2.24, 2.45) is 0 Å². The molecule has 4 heteroatoms. The maximum atomic E-state index is 9.99. The molecule has 1 saturated heterocycles. The van der Waals surface area contributed by atoms with E-state index in [-0.39, 0.29) is 6.10 Å². The molecule has 2 rings (SSSR count). The Morgan fingerprint density at radius 3 is 2.52 bits per heavy atom. The van der Waals surface area contributed by atoms with Crippen LogP contribution in [0.5, 0.6) is 0 Å². The van der Waals surface area contributed by atoms with Crippen molar-refractivity contribution in [2.45, 2.75) is 33.0 Å². The van der Waals surface area contributed by atoms with Crippen LogP contribution >= 0.6 is 0 Å². The molecule has 1 unspecified atom stereocenters. The summed E-state index contributed by atoms with van der Waals surface area (Å²) in [4.78, 5) is 4.74. The van der Waals surface area contributed by atoms with Crippen molar-refractivity contribution < 1.29 is 9.84 Å². The smallest absolute Gasteiger partial charge is 0.0900 e. The molecule has 1 aromatic rings. The fourth-order valence-corrected chi connectivity index (χ4v) is 2.67. The fourth-order valence-electron chi connectivity index (χ4n) is 2.67. The number of piperazine rings is 1. The number of benzene rings is 1. The van der Waals surface area contributed by atoms with Gasteiger partial charge in [0.25, 0.3) is 0 Å². The molecule has 0 bridgehead atoms. The van der Waals surface area contributed by atoms with Gasteiger partial charge in [0.05, 0.1) is 18.8 Å². The third kappa shape index (κ3) is 5.30. The van der Waals surface area contributed by atoms with Crippen LogP contribution in [0.3, 0.4) is 0 Å². The van der Waals surface area contributed by atoms with Gasteiger partial charge < -0.3 is 14.7 Å². The zero-order valence-electron chi connectivity index (χ0n) is 13.5. The van der Waals surface area contributed by atoms with Gasteiger partial charge in [0.15, 0.2) is 0 Å². The second kappa shape index (κ2) is 7.78. The summed E-state index contributed by atoms with van der Waals surface area (Å²) in [6.07, 6.45) is -0.212. The Balaban J connectivity index is 1.75. The van der Waals surface area contributed by atoms with Gasteiger partial charge in [0.1, 0.15) is 0 Å². The summed E-state index contributed by atoms with van der Waals surface area (Å²) >= 11 is 0. The first kappa shape index (κ1) is 16.3. The fraction of sp³-hybridized carbons (Fsp3) is 0.647. The van der Waals surface area contributed by atoms with Crippen molar-refractivity contribution >= 4 is 5.69 Å². The highest BCUT2D eigenvalue weighted by molar-refractivity contribution is 5.48. The normalized spacial score (nSPS) is 18.2. The predicted octanol–water partition coefficient (Wildman–Crippen LogP) is 1.90. The molecule has 1 aromatic carbocycles. The van der Waals surface area contributed by atoms with Crippen molar-refractivity contribution in [1.29, 1.82) is 0 Å². The second-order valence-electron chi connectivity index (χ2n) is 6.16. The zero-order valence-corrected chi connectivity index (χ0v) is 13.5. The molecule has 1 aliphatic rings. The number of anilines is 1. The van der Waals surface area contributed by atoms with E-state index < -0.39 is 6.10 Å². The Labute approximate surface area is 128 Å². The number of ether oxygens (including phenoxy) is 1. The molecule has 0 amide bonds. The van der Waals surface area contributed by atoms with E-state index in [1.54, 1.807) is 0 Å². The Morgan fingerprint density at radius 1 is 1.19 bits per heavy atom.